The fraction of sp³-hybridized carbons (Fsp3) is 0.500. The standard InChI is InChI=1S/C18H24N4O/c1-14-4-2-5-17-18(14)22(15-6-7-15)11-10-20(17)12-16(23)13-21-9-3-8-19-21/h2-5,8-9,15-16,23H,6-7,10-13H2,1H3/t16-/m0/s1. The van der Waals surface area contributed by atoms with E-state index >= 15 is 0 Å². The fourth-order valence-corrected chi connectivity index (χ4v) is 3.61. The number of nitrogens with zero attached hydrogens (tertiary/aromatic N) is 4. The lowest BCUT2D eigenvalue weighted by atomic mass is 10.1. The molecule has 2 heterocycles. The summed E-state index contributed by atoms with van der Waals surface area (Å²) in [4.78, 5) is 4.90. The van der Waals surface area contributed by atoms with Gasteiger partial charge in [0.25, 0.3) is 0 Å². The van der Waals surface area contributed by atoms with Crippen molar-refractivity contribution in [3.05, 3.63) is 42.2 Å². The van der Waals surface area contributed by atoms with Crippen LogP contribution in [-0.4, -0.2) is 46.7 Å². The average Bonchev–Trinajstić information content (AvgIpc) is 3.26. The molecule has 2 aliphatic rings. The van der Waals surface area contributed by atoms with Crippen LogP contribution in [0.3, 0.4) is 0 Å². The Morgan fingerprint density at radius 3 is 2.83 bits per heavy atom. The number of rotatable bonds is 5. The monoisotopic (exact) mass is 312 g/mol. The van der Waals surface area contributed by atoms with Gasteiger partial charge in [-0.3, -0.25) is 4.68 Å². The Kier molecular flexibility index (Phi) is 3.73. The van der Waals surface area contributed by atoms with Gasteiger partial charge in [0.15, 0.2) is 0 Å². The van der Waals surface area contributed by atoms with Crippen LogP contribution in [0.4, 0.5) is 11.4 Å². The average molecular weight is 312 g/mol. The van der Waals surface area contributed by atoms with Crippen molar-refractivity contribution in [3.8, 4) is 0 Å². The Labute approximate surface area is 137 Å². The van der Waals surface area contributed by atoms with Gasteiger partial charge in [0.1, 0.15) is 0 Å². The molecule has 0 radical (unpaired) electrons. The smallest absolute Gasteiger partial charge is 0.0910 e. The van der Waals surface area contributed by atoms with E-state index in [2.05, 4.69) is 40.0 Å². The van der Waals surface area contributed by atoms with Crippen LogP contribution in [0.25, 0.3) is 0 Å². The molecule has 0 bridgehead atoms. The first-order chi connectivity index (χ1) is 11.2. The minimum atomic E-state index is -0.421. The summed E-state index contributed by atoms with van der Waals surface area (Å²) in [6, 6.07) is 9.12. The van der Waals surface area contributed by atoms with Gasteiger partial charge >= 0.3 is 0 Å². The number of para-hydroxylation sites is 1. The lowest BCUT2D eigenvalue weighted by molar-refractivity contribution is 0.154. The van der Waals surface area contributed by atoms with Crippen molar-refractivity contribution < 1.29 is 5.11 Å². The van der Waals surface area contributed by atoms with E-state index in [-0.39, 0.29) is 0 Å². The fourth-order valence-electron chi connectivity index (χ4n) is 3.61. The zero-order valence-corrected chi connectivity index (χ0v) is 13.6. The van der Waals surface area contributed by atoms with Crippen LogP contribution in [0.1, 0.15) is 18.4 Å². The van der Waals surface area contributed by atoms with E-state index in [0.717, 1.165) is 19.1 Å². The van der Waals surface area contributed by atoms with Crippen molar-refractivity contribution >= 4 is 11.4 Å². The van der Waals surface area contributed by atoms with Crippen LogP contribution in [0.15, 0.2) is 36.7 Å². The number of benzene rings is 1. The van der Waals surface area contributed by atoms with Crippen LogP contribution in [0, 0.1) is 6.92 Å². The molecule has 1 fully saturated rings. The van der Waals surface area contributed by atoms with Crippen molar-refractivity contribution in [2.45, 2.75) is 38.5 Å². The first kappa shape index (κ1) is 14.6. The number of hydrogen-bond acceptors (Lipinski definition) is 4. The summed E-state index contributed by atoms with van der Waals surface area (Å²) in [6.07, 6.45) is 5.85. The summed E-state index contributed by atoms with van der Waals surface area (Å²) in [5, 5.41) is 14.6. The van der Waals surface area contributed by atoms with Crippen LogP contribution >= 0.6 is 0 Å². The SMILES string of the molecule is Cc1cccc2c1N(C1CC1)CCN2C[C@H](O)Cn1cccn1. The van der Waals surface area contributed by atoms with Crippen molar-refractivity contribution in [2.24, 2.45) is 0 Å². The van der Waals surface area contributed by atoms with Crippen LogP contribution in [-0.2, 0) is 6.54 Å². The molecule has 1 aliphatic heterocycles. The van der Waals surface area contributed by atoms with E-state index in [4.69, 9.17) is 0 Å². The lowest BCUT2D eigenvalue weighted by Gasteiger charge is -2.41. The highest BCUT2D eigenvalue weighted by Gasteiger charge is 2.35. The molecule has 0 amide bonds. The predicted molar refractivity (Wildman–Crippen MR) is 92.0 cm³/mol. The highest BCUT2D eigenvalue weighted by molar-refractivity contribution is 5.77. The normalized spacial score (nSPS) is 18.9. The van der Waals surface area contributed by atoms with Gasteiger partial charge in [-0.05, 0) is 37.5 Å². The Morgan fingerprint density at radius 2 is 2.09 bits per heavy atom. The van der Waals surface area contributed by atoms with Gasteiger partial charge in [-0.2, -0.15) is 5.10 Å². The van der Waals surface area contributed by atoms with Crippen LogP contribution < -0.4 is 9.80 Å². The third-order valence-electron chi connectivity index (χ3n) is 4.83. The summed E-state index contributed by atoms with van der Waals surface area (Å²) in [6.45, 7) is 5.41. The van der Waals surface area contributed by atoms with Crippen LogP contribution in [0.2, 0.25) is 0 Å². The first-order valence-electron chi connectivity index (χ1n) is 8.49. The Bertz CT molecular complexity index is 666. The second-order valence-corrected chi connectivity index (χ2v) is 6.70. The van der Waals surface area contributed by atoms with Crippen molar-refractivity contribution in [3.63, 3.8) is 0 Å². The molecule has 1 N–H and O–H groups in total. The summed E-state index contributed by atoms with van der Waals surface area (Å²) in [5.74, 6) is 0. The van der Waals surface area contributed by atoms with E-state index in [1.165, 1.54) is 29.8 Å². The van der Waals surface area contributed by atoms with E-state index in [1.54, 1.807) is 10.9 Å². The molecule has 23 heavy (non-hydrogen) atoms. The minimum Gasteiger partial charge on any atom is -0.389 e. The molecule has 5 heteroatoms. The second-order valence-electron chi connectivity index (χ2n) is 6.70. The van der Waals surface area contributed by atoms with Crippen LogP contribution in [0.5, 0.6) is 0 Å². The zero-order valence-electron chi connectivity index (χ0n) is 13.6. The summed E-state index contributed by atoms with van der Waals surface area (Å²) >= 11 is 0. The van der Waals surface area contributed by atoms with Crippen molar-refractivity contribution in [2.75, 3.05) is 29.4 Å². The quantitative estimate of drug-likeness (QED) is 0.918. The van der Waals surface area contributed by atoms with Gasteiger partial charge in [0, 0.05) is 38.1 Å². The molecule has 0 saturated heterocycles. The van der Waals surface area contributed by atoms with Crippen molar-refractivity contribution in [1.29, 1.82) is 0 Å². The van der Waals surface area contributed by atoms with E-state index in [1.807, 2.05) is 12.3 Å². The highest BCUT2D eigenvalue weighted by atomic mass is 16.3. The minimum absolute atomic E-state index is 0.421. The molecular weight excluding hydrogens is 288 g/mol. The molecule has 1 aromatic heterocycles. The molecule has 1 aliphatic carbocycles. The molecule has 0 unspecified atom stereocenters. The van der Waals surface area contributed by atoms with Gasteiger partial charge in [0.2, 0.25) is 0 Å². The molecule has 4 rings (SSSR count). The zero-order chi connectivity index (χ0) is 15.8. The summed E-state index contributed by atoms with van der Waals surface area (Å²) in [5.41, 5.74) is 3.97. The maximum Gasteiger partial charge on any atom is 0.0910 e. The topological polar surface area (TPSA) is 44.5 Å². The largest absolute Gasteiger partial charge is 0.389 e. The van der Waals surface area contributed by atoms with Gasteiger partial charge in [-0.25, -0.2) is 0 Å². The van der Waals surface area contributed by atoms with Gasteiger partial charge in [-0.1, -0.05) is 12.1 Å². The number of hydrogen-bond donors (Lipinski definition) is 1. The number of aliphatic hydroxyl groups excluding tert-OH is 1. The number of aliphatic hydroxyl groups is 1. The number of β-amino-alcohol motifs (C(OH)–C–C–N with tert-alkyl or cyclic N) is 1. The van der Waals surface area contributed by atoms with Gasteiger partial charge in [0.05, 0.1) is 24.0 Å². The molecule has 1 aromatic carbocycles. The van der Waals surface area contributed by atoms with Crippen molar-refractivity contribution in [1.82, 2.24) is 9.78 Å². The number of aryl methyl sites for hydroxylation is 1. The molecular formula is C18H24N4O. The number of anilines is 2. The molecule has 5 nitrogen and oxygen atoms in total. The summed E-state index contributed by atoms with van der Waals surface area (Å²) in [7, 11) is 0. The third-order valence-corrected chi connectivity index (χ3v) is 4.83. The Morgan fingerprint density at radius 1 is 1.22 bits per heavy atom. The van der Waals surface area contributed by atoms with Gasteiger partial charge in [-0.15, -0.1) is 0 Å². The summed E-state index contributed by atoms with van der Waals surface area (Å²) < 4.78 is 1.79. The predicted octanol–water partition coefficient (Wildman–Crippen LogP) is 2.04. The molecule has 2 aromatic rings. The third kappa shape index (κ3) is 2.93. The second kappa shape index (κ2) is 5.89. The Hall–Kier alpha value is -2.01. The molecule has 0 spiro atoms. The van der Waals surface area contributed by atoms with Gasteiger partial charge < -0.3 is 14.9 Å². The van der Waals surface area contributed by atoms with E-state index in [9.17, 15) is 5.11 Å². The molecule has 1 atom stereocenters. The molecule has 1 saturated carbocycles. The highest BCUT2D eigenvalue weighted by Crippen LogP contribution is 2.41. The maximum atomic E-state index is 10.4. The number of fused-ring (bicyclic) bond motifs is 1. The van der Waals surface area contributed by atoms with E-state index < -0.39 is 6.10 Å². The molecule has 122 valence electrons. The lowest BCUT2D eigenvalue weighted by Crippen LogP contribution is -2.45. The van der Waals surface area contributed by atoms with E-state index in [0.29, 0.717) is 13.1 Å². The maximum absolute atomic E-state index is 10.4. The first-order valence-corrected chi connectivity index (χ1v) is 8.49. The Balaban J connectivity index is 1.53. The number of aromatic nitrogens is 2.